The lowest BCUT2D eigenvalue weighted by Gasteiger charge is -2.29. The zero-order valence-electron chi connectivity index (χ0n) is 11.2. The number of aryl methyl sites for hydroxylation is 1. The van der Waals surface area contributed by atoms with Crippen LogP contribution < -0.4 is 0 Å². The normalized spacial score (nSPS) is 20.9. The molecule has 0 bridgehead atoms. The minimum absolute atomic E-state index is 0.119. The van der Waals surface area contributed by atoms with E-state index in [-0.39, 0.29) is 13.2 Å². The van der Waals surface area contributed by atoms with Gasteiger partial charge in [0.05, 0.1) is 19.3 Å². The van der Waals surface area contributed by atoms with Gasteiger partial charge in [-0.1, -0.05) is 29.8 Å². The van der Waals surface area contributed by atoms with Crippen molar-refractivity contribution in [3.63, 3.8) is 0 Å². The maximum absolute atomic E-state index is 12.2. The van der Waals surface area contributed by atoms with Crippen LogP contribution in [0, 0.1) is 18.3 Å². The highest BCUT2D eigenvalue weighted by Crippen LogP contribution is 2.15. The van der Waals surface area contributed by atoms with Crippen molar-refractivity contribution in [2.45, 2.75) is 13.0 Å². The van der Waals surface area contributed by atoms with Gasteiger partial charge in [-0.2, -0.15) is 9.57 Å². The molecule has 0 spiro atoms. The molecule has 1 heterocycles. The second-order valence-electron chi connectivity index (χ2n) is 4.59. The van der Waals surface area contributed by atoms with Crippen LogP contribution in [0.1, 0.15) is 11.1 Å². The highest BCUT2D eigenvalue weighted by molar-refractivity contribution is 7.92. The summed E-state index contributed by atoms with van der Waals surface area (Å²) in [6.45, 7) is 2.61. The molecule has 2 rings (SSSR count). The summed E-state index contributed by atoms with van der Waals surface area (Å²) < 4.78 is 30.8. The van der Waals surface area contributed by atoms with E-state index >= 15 is 0 Å². The van der Waals surface area contributed by atoms with Crippen molar-refractivity contribution < 1.29 is 13.2 Å². The van der Waals surface area contributed by atoms with E-state index in [2.05, 4.69) is 0 Å². The van der Waals surface area contributed by atoms with Crippen LogP contribution >= 0.6 is 0 Å². The average molecular weight is 292 g/mol. The quantitative estimate of drug-likeness (QED) is 0.847. The molecule has 0 saturated carbocycles. The Labute approximate surface area is 119 Å². The second-order valence-corrected chi connectivity index (χ2v) is 6.36. The van der Waals surface area contributed by atoms with Gasteiger partial charge < -0.3 is 4.74 Å². The van der Waals surface area contributed by atoms with Crippen LogP contribution in [-0.4, -0.2) is 38.5 Å². The van der Waals surface area contributed by atoms with E-state index in [0.29, 0.717) is 6.61 Å². The van der Waals surface area contributed by atoms with Gasteiger partial charge in [-0.25, -0.2) is 8.42 Å². The number of nitriles is 1. The third-order valence-corrected chi connectivity index (χ3v) is 4.64. The Bertz CT molecular complexity index is 629. The Morgan fingerprint density at radius 3 is 2.75 bits per heavy atom. The third kappa shape index (κ3) is 3.45. The molecule has 1 unspecified atom stereocenters. The molecule has 1 aromatic carbocycles. The van der Waals surface area contributed by atoms with E-state index in [1.165, 1.54) is 4.31 Å². The molecule has 0 radical (unpaired) electrons. The number of ether oxygens (including phenoxy) is 1. The Hall–Kier alpha value is -1.68. The highest BCUT2D eigenvalue weighted by Gasteiger charge is 2.31. The monoisotopic (exact) mass is 292 g/mol. The van der Waals surface area contributed by atoms with Crippen molar-refractivity contribution in [3.05, 3.63) is 40.8 Å². The largest absolute Gasteiger partial charge is 0.377 e. The zero-order chi connectivity index (χ0) is 14.6. The van der Waals surface area contributed by atoms with Gasteiger partial charge in [-0.3, -0.25) is 0 Å². The molecule has 106 valence electrons. The molecule has 0 amide bonds. The molecule has 1 atom stereocenters. The highest BCUT2D eigenvalue weighted by atomic mass is 32.2. The van der Waals surface area contributed by atoms with Crippen LogP contribution in [-0.2, 0) is 14.8 Å². The van der Waals surface area contributed by atoms with Gasteiger partial charge >= 0.3 is 0 Å². The summed E-state index contributed by atoms with van der Waals surface area (Å²) in [6.07, 6.45) is 1.54. The smallest absolute Gasteiger partial charge is 0.237 e. The van der Waals surface area contributed by atoms with Crippen LogP contribution in [0.25, 0.3) is 6.08 Å². The predicted molar refractivity (Wildman–Crippen MR) is 76.1 cm³/mol. The summed E-state index contributed by atoms with van der Waals surface area (Å²) in [4.78, 5) is 0. The van der Waals surface area contributed by atoms with E-state index in [1.54, 1.807) is 6.08 Å². The van der Waals surface area contributed by atoms with Gasteiger partial charge in [0.25, 0.3) is 0 Å². The first kappa shape index (κ1) is 14.7. The number of morpholine rings is 1. The lowest BCUT2D eigenvalue weighted by Crippen LogP contribution is -2.47. The minimum Gasteiger partial charge on any atom is -0.377 e. The van der Waals surface area contributed by atoms with Crippen molar-refractivity contribution in [3.8, 4) is 6.07 Å². The molecule has 1 fully saturated rings. The first-order valence-electron chi connectivity index (χ1n) is 6.27. The van der Waals surface area contributed by atoms with Gasteiger partial charge in [-0.15, -0.1) is 0 Å². The van der Waals surface area contributed by atoms with Crippen LogP contribution in [0.4, 0.5) is 0 Å². The molecule has 6 heteroatoms. The molecular weight excluding hydrogens is 276 g/mol. The van der Waals surface area contributed by atoms with E-state index in [0.717, 1.165) is 16.5 Å². The fraction of sp³-hybridized carbons (Fsp3) is 0.357. The second kappa shape index (κ2) is 6.18. The predicted octanol–water partition coefficient (Wildman–Crippen LogP) is 1.52. The molecule has 0 aromatic heterocycles. The minimum atomic E-state index is -3.60. The lowest BCUT2D eigenvalue weighted by molar-refractivity contribution is 0.0517. The van der Waals surface area contributed by atoms with Gasteiger partial charge in [0.2, 0.25) is 10.0 Å². The number of hydrogen-bond donors (Lipinski definition) is 0. The van der Waals surface area contributed by atoms with E-state index in [1.807, 2.05) is 37.3 Å². The van der Waals surface area contributed by atoms with Gasteiger partial charge in [0, 0.05) is 12.0 Å². The molecule has 5 nitrogen and oxygen atoms in total. The molecular formula is C14H16N2O3S. The Kier molecular flexibility index (Phi) is 4.55. The zero-order valence-corrected chi connectivity index (χ0v) is 12.0. The number of benzene rings is 1. The summed E-state index contributed by atoms with van der Waals surface area (Å²) >= 11 is 0. The van der Waals surface area contributed by atoms with Crippen molar-refractivity contribution >= 4 is 16.1 Å². The molecule has 0 aliphatic carbocycles. The fourth-order valence-electron chi connectivity index (χ4n) is 1.91. The van der Waals surface area contributed by atoms with Crippen LogP contribution in [0.2, 0.25) is 0 Å². The van der Waals surface area contributed by atoms with Crippen LogP contribution in [0.5, 0.6) is 0 Å². The molecule has 1 aromatic rings. The number of nitrogens with zero attached hydrogens (tertiary/aromatic N) is 2. The van der Waals surface area contributed by atoms with Gasteiger partial charge in [-0.05, 0) is 18.6 Å². The molecule has 1 saturated heterocycles. The Morgan fingerprint density at radius 2 is 2.10 bits per heavy atom. The van der Waals surface area contributed by atoms with Crippen LogP contribution in [0.3, 0.4) is 0 Å². The molecule has 0 N–H and O–H groups in total. The summed E-state index contributed by atoms with van der Waals surface area (Å²) in [7, 11) is -3.60. The summed E-state index contributed by atoms with van der Waals surface area (Å²) in [5, 5.41) is 10.1. The van der Waals surface area contributed by atoms with Crippen molar-refractivity contribution in [2.24, 2.45) is 0 Å². The average Bonchev–Trinajstić information content (AvgIpc) is 2.46. The lowest BCUT2D eigenvalue weighted by atomic mass is 10.2. The van der Waals surface area contributed by atoms with Gasteiger partial charge in [0.1, 0.15) is 6.04 Å². The van der Waals surface area contributed by atoms with Crippen molar-refractivity contribution in [1.29, 1.82) is 5.26 Å². The van der Waals surface area contributed by atoms with E-state index in [9.17, 15) is 8.42 Å². The third-order valence-electron chi connectivity index (χ3n) is 3.07. The molecule has 1 aliphatic heterocycles. The first-order chi connectivity index (χ1) is 9.53. The SMILES string of the molecule is Cc1ccc(C=CS(=O)(=O)N2CCOCC2C#N)cc1. The standard InChI is InChI=1S/C14H16N2O3S/c1-12-2-4-13(5-3-12)6-9-20(17,18)16-7-8-19-11-14(16)10-15/h2-6,9,14H,7-8,11H2,1H3. The topological polar surface area (TPSA) is 70.4 Å². The first-order valence-corrected chi connectivity index (χ1v) is 7.77. The fourth-order valence-corrected chi connectivity index (χ4v) is 3.19. The van der Waals surface area contributed by atoms with E-state index in [4.69, 9.17) is 10.00 Å². The summed E-state index contributed by atoms with van der Waals surface area (Å²) in [5.74, 6) is 0. The van der Waals surface area contributed by atoms with Gasteiger partial charge in [0.15, 0.2) is 0 Å². The Balaban J connectivity index is 2.18. The maximum atomic E-state index is 12.2. The number of hydrogen-bond acceptors (Lipinski definition) is 4. The number of rotatable bonds is 3. The van der Waals surface area contributed by atoms with Crippen molar-refractivity contribution in [2.75, 3.05) is 19.8 Å². The number of sulfonamides is 1. The van der Waals surface area contributed by atoms with Crippen LogP contribution in [0.15, 0.2) is 29.7 Å². The summed E-state index contributed by atoms with van der Waals surface area (Å²) in [5.41, 5.74) is 1.92. The summed E-state index contributed by atoms with van der Waals surface area (Å²) in [6, 6.07) is 8.73. The van der Waals surface area contributed by atoms with Crippen molar-refractivity contribution in [1.82, 2.24) is 4.31 Å². The molecule has 20 heavy (non-hydrogen) atoms. The van der Waals surface area contributed by atoms with E-state index < -0.39 is 16.1 Å². The maximum Gasteiger partial charge on any atom is 0.237 e. The Morgan fingerprint density at radius 1 is 1.40 bits per heavy atom. The molecule has 1 aliphatic rings.